The first kappa shape index (κ1) is 32.1. The van der Waals surface area contributed by atoms with Crippen molar-refractivity contribution in [2.75, 3.05) is 0 Å². The summed E-state index contributed by atoms with van der Waals surface area (Å²) < 4.78 is 6.82. The number of fused-ring (bicyclic) bond motifs is 9. The number of nitrogens with zero attached hydrogens (tertiary/aromatic N) is 6. The summed E-state index contributed by atoms with van der Waals surface area (Å²) in [5, 5.41) is 6.54. The van der Waals surface area contributed by atoms with Crippen LogP contribution in [0, 0.1) is 19.7 Å². The molecule has 262 valence electrons. The molecule has 0 bridgehead atoms. The monoisotopic (exact) mass is 724 g/mol. The minimum absolute atomic E-state index is 0.551. The Bertz CT molecular complexity index is 3610. The van der Waals surface area contributed by atoms with Gasteiger partial charge in [-0.2, -0.15) is 0 Å². The Labute approximate surface area is 327 Å². The lowest BCUT2D eigenvalue weighted by Gasteiger charge is -2.15. The highest BCUT2D eigenvalue weighted by Gasteiger charge is 2.21. The maximum absolute atomic E-state index is 8.26. The maximum atomic E-state index is 8.26. The van der Waals surface area contributed by atoms with Crippen molar-refractivity contribution in [1.29, 1.82) is 0 Å². The fraction of sp³-hybridized carbons (Fsp3) is 0. The van der Waals surface area contributed by atoms with Crippen molar-refractivity contribution >= 4 is 82.5 Å². The average Bonchev–Trinajstić information content (AvgIpc) is 3.91. The van der Waals surface area contributed by atoms with Gasteiger partial charge in [-0.15, -0.1) is 0 Å². The van der Waals surface area contributed by atoms with E-state index in [-0.39, 0.29) is 0 Å². The van der Waals surface area contributed by atoms with Crippen LogP contribution >= 0.6 is 0 Å². The van der Waals surface area contributed by atoms with Crippen LogP contribution in [0.5, 0.6) is 0 Å². The summed E-state index contributed by atoms with van der Waals surface area (Å²) in [6.45, 7) is 23.5. The second-order valence-electron chi connectivity index (χ2n) is 14.2. The summed E-state index contributed by atoms with van der Waals surface area (Å²) in [5.41, 5.74) is 12.9. The van der Waals surface area contributed by atoms with E-state index in [2.05, 4.69) is 143 Å². The Hall–Kier alpha value is -8.37. The van der Waals surface area contributed by atoms with Gasteiger partial charge in [0.15, 0.2) is 11.4 Å². The predicted octanol–water partition coefficient (Wildman–Crippen LogP) is 14.3. The molecule has 3 heterocycles. The highest BCUT2D eigenvalue weighted by atomic mass is 15.1. The molecule has 0 radical (unpaired) electrons. The van der Waals surface area contributed by atoms with E-state index in [1.54, 1.807) is 0 Å². The molecule has 0 aliphatic heterocycles. The van der Waals surface area contributed by atoms with E-state index in [4.69, 9.17) is 19.7 Å². The van der Waals surface area contributed by atoms with Gasteiger partial charge < -0.3 is 13.7 Å². The molecule has 0 fully saturated rings. The lowest BCUT2D eigenvalue weighted by atomic mass is 10.0. The van der Waals surface area contributed by atoms with Gasteiger partial charge in [0, 0.05) is 27.2 Å². The summed E-state index contributed by atoms with van der Waals surface area (Å²) in [4.78, 5) is 11.4. The Morgan fingerprint density at radius 2 is 0.825 bits per heavy atom. The molecule has 0 saturated heterocycles. The zero-order valence-corrected chi connectivity index (χ0v) is 30.3. The van der Waals surface area contributed by atoms with E-state index < -0.39 is 0 Å². The molecule has 57 heavy (non-hydrogen) atoms. The van der Waals surface area contributed by atoms with Crippen LogP contribution in [0.3, 0.4) is 0 Å². The number of para-hydroxylation sites is 4. The van der Waals surface area contributed by atoms with Crippen LogP contribution < -0.4 is 0 Å². The van der Waals surface area contributed by atoms with Crippen molar-refractivity contribution < 1.29 is 0 Å². The molecule has 6 heteroatoms. The predicted molar refractivity (Wildman–Crippen MR) is 234 cm³/mol. The van der Waals surface area contributed by atoms with Crippen LogP contribution in [0.1, 0.15) is 0 Å². The molecule has 6 nitrogen and oxygen atoms in total. The molecule has 0 spiro atoms. The molecular weight excluding hydrogens is 697 g/mol. The minimum atomic E-state index is 0.551. The highest BCUT2D eigenvalue weighted by molar-refractivity contribution is 6.15. The zero-order chi connectivity index (χ0) is 38.2. The minimum Gasteiger partial charge on any atom is -0.319 e. The molecule has 0 aliphatic carbocycles. The molecule has 0 aliphatic rings. The fourth-order valence-corrected chi connectivity index (χ4v) is 8.81. The van der Waals surface area contributed by atoms with Crippen molar-refractivity contribution in [3.8, 4) is 28.2 Å². The van der Waals surface area contributed by atoms with E-state index in [1.807, 2.05) is 54.6 Å². The van der Waals surface area contributed by atoms with Crippen LogP contribution in [0.2, 0.25) is 0 Å². The van der Waals surface area contributed by atoms with Crippen molar-refractivity contribution in [2.45, 2.75) is 0 Å². The van der Waals surface area contributed by atoms with Gasteiger partial charge >= 0.3 is 0 Å². The van der Waals surface area contributed by atoms with Crippen molar-refractivity contribution in [3.05, 3.63) is 204 Å². The summed E-state index contributed by atoms with van der Waals surface area (Å²) in [5.74, 6) is 0. The van der Waals surface area contributed by atoms with Gasteiger partial charge in [-0.1, -0.05) is 97.1 Å². The van der Waals surface area contributed by atoms with Crippen LogP contribution in [-0.4, -0.2) is 13.7 Å². The first-order chi connectivity index (χ1) is 28.1. The van der Waals surface area contributed by atoms with Gasteiger partial charge in [-0.05, 0) is 94.7 Å². The fourth-order valence-electron chi connectivity index (χ4n) is 8.81. The third-order valence-electron chi connectivity index (χ3n) is 11.3. The summed E-state index contributed by atoms with van der Waals surface area (Å²) in [7, 11) is 0. The first-order valence-electron chi connectivity index (χ1n) is 18.6. The second-order valence-corrected chi connectivity index (χ2v) is 14.2. The summed E-state index contributed by atoms with van der Waals surface area (Å²) in [6, 6.07) is 58.1. The van der Waals surface area contributed by atoms with Crippen LogP contribution in [0.25, 0.3) is 108 Å². The second kappa shape index (κ2) is 12.3. The SMILES string of the molecule is [C-]#[N+]c1ccc2c(c1)c1ccccc1n2-c1ccc(-c2ccc(-n3c4ccccc4c4cccc(-n5c6ccccc6c6cc([N+]#[C-])ccc65)c43)cc2)cc1[N+]#[C-]. The Balaban J connectivity index is 1.07. The number of benzene rings is 8. The number of hydrogen-bond donors (Lipinski definition) is 0. The molecule has 0 atom stereocenters. The smallest absolute Gasteiger partial charge is 0.211 e. The highest BCUT2D eigenvalue weighted by Crippen LogP contribution is 2.42. The van der Waals surface area contributed by atoms with Gasteiger partial charge in [0.2, 0.25) is 5.69 Å². The van der Waals surface area contributed by atoms with Crippen molar-refractivity contribution in [3.63, 3.8) is 0 Å². The third-order valence-corrected chi connectivity index (χ3v) is 11.3. The molecule has 8 aromatic carbocycles. The molecule has 3 aromatic heterocycles. The molecular formula is C51H28N6. The Morgan fingerprint density at radius 3 is 1.40 bits per heavy atom. The van der Waals surface area contributed by atoms with Crippen LogP contribution in [0.15, 0.2) is 170 Å². The van der Waals surface area contributed by atoms with Gasteiger partial charge in [-0.3, -0.25) is 0 Å². The van der Waals surface area contributed by atoms with E-state index in [0.29, 0.717) is 17.1 Å². The molecule has 11 rings (SSSR count). The van der Waals surface area contributed by atoms with E-state index in [9.17, 15) is 0 Å². The topological polar surface area (TPSA) is 27.9 Å². The van der Waals surface area contributed by atoms with Crippen LogP contribution in [-0.2, 0) is 0 Å². The van der Waals surface area contributed by atoms with E-state index in [0.717, 1.165) is 88.2 Å². The zero-order valence-electron chi connectivity index (χ0n) is 30.3. The summed E-state index contributed by atoms with van der Waals surface area (Å²) in [6.07, 6.45) is 0. The van der Waals surface area contributed by atoms with E-state index in [1.165, 1.54) is 5.39 Å². The van der Waals surface area contributed by atoms with Crippen molar-refractivity contribution in [1.82, 2.24) is 13.7 Å². The van der Waals surface area contributed by atoms with E-state index >= 15 is 0 Å². The largest absolute Gasteiger partial charge is 0.319 e. The Morgan fingerprint density at radius 1 is 0.333 bits per heavy atom. The lowest BCUT2D eigenvalue weighted by Crippen LogP contribution is -2.00. The average molecular weight is 725 g/mol. The standard InChI is InChI=1S/C51H28N6/c1-52-34-22-27-47-41(30-34)38-12-5-8-16-45(38)56(47)49-26-21-33(29-43(49)54-3)32-19-24-36(25-20-32)55-44-15-7-4-11-37(44)40-14-10-18-50(51(40)55)57-46-17-9-6-13-39(46)42-31-35(53-2)23-28-48(42)57/h4-31H. The molecule has 0 unspecified atom stereocenters. The van der Waals surface area contributed by atoms with Gasteiger partial charge in [0.1, 0.15) is 0 Å². The summed E-state index contributed by atoms with van der Waals surface area (Å²) >= 11 is 0. The number of rotatable bonds is 4. The first-order valence-corrected chi connectivity index (χ1v) is 18.6. The number of hydrogen-bond acceptors (Lipinski definition) is 0. The van der Waals surface area contributed by atoms with Crippen molar-refractivity contribution in [2.24, 2.45) is 0 Å². The number of aromatic nitrogens is 3. The lowest BCUT2D eigenvalue weighted by molar-refractivity contribution is 1.13. The van der Waals surface area contributed by atoms with Gasteiger partial charge in [0.05, 0.1) is 64.2 Å². The van der Waals surface area contributed by atoms with Crippen LogP contribution in [0.4, 0.5) is 17.1 Å². The third kappa shape index (κ3) is 4.68. The molecule has 0 amide bonds. The molecule has 0 N–H and O–H groups in total. The van der Waals surface area contributed by atoms with Gasteiger partial charge in [-0.25, -0.2) is 14.5 Å². The molecule has 0 saturated carbocycles. The maximum Gasteiger partial charge on any atom is 0.211 e. The molecule has 11 aromatic rings. The van der Waals surface area contributed by atoms with Gasteiger partial charge in [0.25, 0.3) is 0 Å². The normalized spacial score (nSPS) is 11.5. The quantitative estimate of drug-likeness (QED) is 0.162. The Kier molecular flexibility index (Phi) is 6.95.